The number of hydrogen-bond donors (Lipinski definition) is 3. The van der Waals surface area contributed by atoms with E-state index >= 15 is 0 Å². The third kappa shape index (κ3) is 2.69. The quantitative estimate of drug-likeness (QED) is 0.483. The lowest BCUT2D eigenvalue weighted by atomic mass is 10.2. The Balaban J connectivity index is 2.09. The minimum atomic E-state index is -0.300. The van der Waals surface area contributed by atoms with Gasteiger partial charge in [0.25, 0.3) is 0 Å². The topological polar surface area (TPSA) is 75.9 Å². The number of hydrogen-bond acceptors (Lipinski definition) is 6. The van der Waals surface area contributed by atoms with Crippen LogP contribution >= 0.6 is 27.3 Å². The first-order chi connectivity index (χ1) is 10.1. The second-order valence-electron chi connectivity index (χ2n) is 4.39. The molecule has 0 unspecified atom stereocenters. The molecule has 3 rings (SSSR count). The number of aryl methyl sites for hydroxylation is 1. The van der Waals surface area contributed by atoms with Gasteiger partial charge in [-0.25, -0.2) is 15.2 Å². The Labute approximate surface area is 132 Å². The van der Waals surface area contributed by atoms with Gasteiger partial charge in [0.2, 0.25) is 5.95 Å². The van der Waals surface area contributed by atoms with Crippen molar-refractivity contribution in [3.8, 4) is 0 Å². The second-order valence-corrected chi connectivity index (χ2v) is 6.13. The van der Waals surface area contributed by atoms with Crippen molar-refractivity contribution in [1.29, 1.82) is 0 Å². The predicted octanol–water partition coefficient (Wildman–Crippen LogP) is 3.93. The maximum Gasteiger partial charge on any atom is 0.240 e. The zero-order valence-electron chi connectivity index (χ0n) is 10.9. The molecule has 0 aliphatic carbocycles. The Kier molecular flexibility index (Phi) is 3.75. The summed E-state index contributed by atoms with van der Waals surface area (Å²) in [4.78, 5) is 9.41. The van der Waals surface area contributed by atoms with Gasteiger partial charge >= 0.3 is 0 Å². The molecular weight excluding hydrogens is 357 g/mol. The molecule has 0 saturated heterocycles. The number of aromatic nitrogens is 2. The minimum Gasteiger partial charge on any atom is -0.339 e. The van der Waals surface area contributed by atoms with Crippen LogP contribution in [0.4, 0.5) is 21.8 Å². The van der Waals surface area contributed by atoms with Gasteiger partial charge in [-0.2, -0.15) is 4.98 Å². The number of benzene rings is 1. The fraction of sp³-hybridized carbons (Fsp3) is 0.0769. The van der Waals surface area contributed by atoms with Crippen LogP contribution in [0, 0.1) is 12.7 Å². The molecule has 8 heteroatoms. The van der Waals surface area contributed by atoms with Gasteiger partial charge in [0, 0.05) is 5.69 Å². The lowest BCUT2D eigenvalue weighted by Gasteiger charge is -2.11. The molecule has 5 nitrogen and oxygen atoms in total. The summed E-state index contributed by atoms with van der Waals surface area (Å²) < 4.78 is 13.9. The van der Waals surface area contributed by atoms with E-state index in [9.17, 15) is 4.39 Å². The van der Waals surface area contributed by atoms with Gasteiger partial charge < -0.3 is 5.32 Å². The molecule has 0 saturated carbocycles. The SMILES string of the molecule is Cc1cc(F)c(Br)cc1Nc1nc(NN)nc2sccc12. The van der Waals surface area contributed by atoms with Crippen molar-refractivity contribution < 1.29 is 4.39 Å². The zero-order valence-corrected chi connectivity index (χ0v) is 13.3. The van der Waals surface area contributed by atoms with E-state index in [2.05, 4.69) is 36.6 Å². The van der Waals surface area contributed by atoms with Gasteiger partial charge in [-0.15, -0.1) is 11.3 Å². The van der Waals surface area contributed by atoms with Crippen LogP contribution in [0.2, 0.25) is 0 Å². The highest BCUT2D eigenvalue weighted by atomic mass is 79.9. The summed E-state index contributed by atoms with van der Waals surface area (Å²) in [5.74, 6) is 6.04. The van der Waals surface area contributed by atoms with E-state index in [1.807, 2.05) is 18.4 Å². The van der Waals surface area contributed by atoms with E-state index in [4.69, 9.17) is 5.84 Å². The first-order valence-corrected chi connectivity index (χ1v) is 7.70. The molecular formula is C13H11BrFN5S. The van der Waals surface area contributed by atoms with Gasteiger partial charge in [-0.1, -0.05) is 0 Å². The molecule has 0 atom stereocenters. The van der Waals surface area contributed by atoms with Crippen molar-refractivity contribution >= 4 is 54.9 Å². The van der Waals surface area contributed by atoms with E-state index < -0.39 is 0 Å². The van der Waals surface area contributed by atoms with Crippen LogP contribution in [0.25, 0.3) is 10.2 Å². The molecule has 0 radical (unpaired) electrons. The van der Waals surface area contributed by atoms with Crippen molar-refractivity contribution in [3.63, 3.8) is 0 Å². The maximum atomic E-state index is 13.5. The maximum absolute atomic E-state index is 13.5. The standard InChI is InChI=1S/C13H11BrFN5S/c1-6-4-9(15)8(14)5-10(6)17-11-7-2-3-21-12(7)19-13(18-11)20-16/h2-5H,16H2,1H3,(H2,17,18,19,20). The third-order valence-electron chi connectivity index (χ3n) is 2.97. The molecule has 2 heterocycles. The number of nitrogens with one attached hydrogen (secondary N) is 2. The fourth-order valence-electron chi connectivity index (χ4n) is 1.92. The predicted molar refractivity (Wildman–Crippen MR) is 87.3 cm³/mol. The summed E-state index contributed by atoms with van der Waals surface area (Å²) in [5.41, 5.74) is 3.98. The molecule has 0 bridgehead atoms. The van der Waals surface area contributed by atoms with Crippen molar-refractivity contribution in [1.82, 2.24) is 9.97 Å². The van der Waals surface area contributed by atoms with E-state index in [1.54, 1.807) is 6.07 Å². The van der Waals surface area contributed by atoms with Gasteiger partial charge in [-0.05, 0) is 52.0 Å². The monoisotopic (exact) mass is 367 g/mol. The van der Waals surface area contributed by atoms with E-state index in [0.717, 1.165) is 21.5 Å². The van der Waals surface area contributed by atoms with Crippen LogP contribution in [-0.2, 0) is 0 Å². The average Bonchev–Trinajstić information content (AvgIpc) is 2.93. The number of nitrogens with zero attached hydrogens (tertiary/aromatic N) is 2. The van der Waals surface area contributed by atoms with Crippen molar-refractivity contribution in [2.75, 3.05) is 10.7 Å². The number of halogens is 2. The number of nitrogens with two attached hydrogens (primary N) is 1. The number of anilines is 3. The number of thiophene rings is 1. The molecule has 4 N–H and O–H groups in total. The molecule has 108 valence electrons. The summed E-state index contributed by atoms with van der Waals surface area (Å²) in [6, 6.07) is 5.07. The van der Waals surface area contributed by atoms with Gasteiger partial charge in [0.1, 0.15) is 16.5 Å². The number of rotatable bonds is 3. The van der Waals surface area contributed by atoms with Gasteiger partial charge in [-0.3, -0.25) is 5.43 Å². The van der Waals surface area contributed by atoms with Crippen molar-refractivity contribution in [3.05, 3.63) is 39.4 Å². The van der Waals surface area contributed by atoms with Crippen molar-refractivity contribution in [2.24, 2.45) is 5.84 Å². The largest absolute Gasteiger partial charge is 0.339 e. The van der Waals surface area contributed by atoms with Crippen LogP contribution in [0.5, 0.6) is 0 Å². The number of fused-ring (bicyclic) bond motifs is 1. The van der Waals surface area contributed by atoms with Crippen LogP contribution in [0.3, 0.4) is 0 Å². The van der Waals surface area contributed by atoms with E-state index in [0.29, 0.717) is 16.2 Å². The fourth-order valence-corrected chi connectivity index (χ4v) is 3.03. The third-order valence-corrected chi connectivity index (χ3v) is 4.39. The molecule has 1 aromatic carbocycles. The second kappa shape index (κ2) is 5.55. The van der Waals surface area contributed by atoms with Crippen LogP contribution in [0.15, 0.2) is 28.1 Å². The molecule has 0 aliphatic heterocycles. The Hall–Kier alpha value is -1.77. The lowest BCUT2D eigenvalue weighted by Crippen LogP contribution is -2.11. The highest BCUT2D eigenvalue weighted by Crippen LogP contribution is 2.31. The molecule has 0 fully saturated rings. The normalized spacial score (nSPS) is 10.9. The smallest absolute Gasteiger partial charge is 0.240 e. The molecule has 0 aliphatic rings. The van der Waals surface area contributed by atoms with E-state index in [1.165, 1.54) is 17.4 Å². The zero-order chi connectivity index (χ0) is 15.0. The highest BCUT2D eigenvalue weighted by Gasteiger charge is 2.11. The van der Waals surface area contributed by atoms with Gasteiger partial charge in [0.15, 0.2) is 0 Å². The van der Waals surface area contributed by atoms with Gasteiger partial charge in [0.05, 0.1) is 9.86 Å². The van der Waals surface area contributed by atoms with Crippen LogP contribution < -0.4 is 16.6 Å². The average molecular weight is 368 g/mol. The summed E-state index contributed by atoms with van der Waals surface area (Å²) in [7, 11) is 0. The summed E-state index contributed by atoms with van der Waals surface area (Å²) in [6.45, 7) is 1.83. The number of nitrogen functional groups attached to an aromatic ring is 1. The van der Waals surface area contributed by atoms with Crippen LogP contribution in [-0.4, -0.2) is 9.97 Å². The number of hydrazine groups is 1. The summed E-state index contributed by atoms with van der Waals surface area (Å²) in [6.07, 6.45) is 0. The highest BCUT2D eigenvalue weighted by molar-refractivity contribution is 9.10. The first-order valence-electron chi connectivity index (χ1n) is 6.03. The summed E-state index contributed by atoms with van der Waals surface area (Å²) in [5, 5.41) is 6.02. The molecule has 2 aromatic heterocycles. The van der Waals surface area contributed by atoms with Crippen molar-refractivity contribution in [2.45, 2.75) is 6.92 Å². The Morgan fingerprint density at radius 2 is 2.14 bits per heavy atom. The van der Waals surface area contributed by atoms with E-state index in [-0.39, 0.29) is 5.82 Å². The molecule has 3 aromatic rings. The first kappa shape index (κ1) is 14.2. The summed E-state index contributed by atoms with van der Waals surface area (Å²) >= 11 is 4.68. The molecule has 21 heavy (non-hydrogen) atoms. The molecule has 0 amide bonds. The molecule has 0 spiro atoms. The van der Waals surface area contributed by atoms with Crippen LogP contribution in [0.1, 0.15) is 5.56 Å². The lowest BCUT2D eigenvalue weighted by molar-refractivity contribution is 0.620. The Morgan fingerprint density at radius 3 is 2.90 bits per heavy atom. The minimum absolute atomic E-state index is 0.300. The Morgan fingerprint density at radius 1 is 1.33 bits per heavy atom. The Bertz CT molecular complexity index is 820.